The molecule has 0 aliphatic carbocycles. The third-order valence-electron chi connectivity index (χ3n) is 3.40. The fourth-order valence-corrected chi connectivity index (χ4v) is 2.67. The molecule has 1 heterocycles. The zero-order chi connectivity index (χ0) is 17.3. The quantitative estimate of drug-likeness (QED) is 0.581. The number of alkyl halides is 4. The van der Waals surface area contributed by atoms with Crippen LogP contribution in [0.4, 0.5) is 13.2 Å². The second-order valence-electron chi connectivity index (χ2n) is 4.99. The van der Waals surface area contributed by atoms with E-state index < -0.39 is 11.7 Å². The van der Waals surface area contributed by atoms with Crippen LogP contribution in [0.2, 0.25) is 5.02 Å². The van der Waals surface area contributed by atoms with Crippen molar-refractivity contribution in [3.8, 4) is 16.9 Å². The van der Waals surface area contributed by atoms with E-state index in [-0.39, 0.29) is 5.88 Å². The molecule has 3 nitrogen and oxygen atoms in total. The Labute approximate surface area is 145 Å². The van der Waals surface area contributed by atoms with E-state index in [0.717, 1.165) is 17.7 Å². The fraction of sp³-hybridized carbons (Fsp3) is 0.125. The van der Waals surface area contributed by atoms with Crippen LogP contribution in [-0.2, 0) is 12.1 Å². The fourth-order valence-electron chi connectivity index (χ4n) is 2.30. The average molecular weight is 372 g/mol. The Morgan fingerprint density at radius 3 is 2.33 bits per heavy atom. The highest BCUT2D eigenvalue weighted by molar-refractivity contribution is 6.30. The molecule has 0 saturated heterocycles. The molecule has 2 aromatic carbocycles. The first-order valence-corrected chi connectivity index (χ1v) is 7.75. The maximum absolute atomic E-state index is 12.7. The van der Waals surface area contributed by atoms with Gasteiger partial charge in [0.25, 0.3) is 0 Å². The molecule has 0 aliphatic rings. The van der Waals surface area contributed by atoms with Crippen LogP contribution in [-0.4, -0.2) is 15.0 Å². The largest absolute Gasteiger partial charge is 0.416 e. The first-order chi connectivity index (χ1) is 11.4. The molecule has 3 aromatic rings. The van der Waals surface area contributed by atoms with Crippen LogP contribution in [0.3, 0.4) is 0 Å². The van der Waals surface area contributed by atoms with Crippen molar-refractivity contribution in [3.05, 3.63) is 64.8 Å². The normalized spacial score (nSPS) is 11.7. The van der Waals surface area contributed by atoms with Crippen LogP contribution in [0.5, 0.6) is 0 Å². The van der Waals surface area contributed by atoms with Crippen molar-refractivity contribution in [2.75, 3.05) is 0 Å². The van der Waals surface area contributed by atoms with Crippen LogP contribution < -0.4 is 0 Å². The van der Waals surface area contributed by atoms with E-state index in [9.17, 15) is 13.2 Å². The average Bonchev–Trinajstić information content (AvgIpc) is 2.98. The van der Waals surface area contributed by atoms with Gasteiger partial charge in [0.05, 0.1) is 22.8 Å². The summed E-state index contributed by atoms with van der Waals surface area (Å²) in [4.78, 5) is 0. The number of hydrogen-bond donors (Lipinski definition) is 0. The second-order valence-corrected chi connectivity index (χ2v) is 5.69. The highest BCUT2D eigenvalue weighted by Crippen LogP contribution is 2.31. The minimum absolute atomic E-state index is 0.114. The van der Waals surface area contributed by atoms with Gasteiger partial charge in [0.15, 0.2) is 0 Å². The highest BCUT2D eigenvalue weighted by Gasteiger charge is 2.30. The number of aromatic nitrogens is 3. The molecule has 1 aromatic heterocycles. The smallest absolute Gasteiger partial charge is 0.213 e. The van der Waals surface area contributed by atoms with E-state index in [0.29, 0.717) is 22.1 Å². The van der Waals surface area contributed by atoms with Gasteiger partial charge >= 0.3 is 6.18 Å². The first kappa shape index (κ1) is 16.8. The Bertz CT molecular complexity index is 858. The lowest BCUT2D eigenvalue weighted by molar-refractivity contribution is -0.137. The minimum atomic E-state index is -4.39. The number of hydrogen-bond acceptors (Lipinski definition) is 2. The second kappa shape index (κ2) is 6.45. The Morgan fingerprint density at radius 2 is 1.75 bits per heavy atom. The van der Waals surface area contributed by atoms with Crippen LogP contribution >= 0.6 is 23.2 Å². The standard InChI is InChI=1S/C16H10Cl2F3N3/c17-9-14-15(10-2-1-3-12(18)8-10)24(23-22-14)13-6-4-11(5-7-13)16(19,20)21/h1-8H,9H2. The summed E-state index contributed by atoms with van der Waals surface area (Å²) in [7, 11) is 0. The molecule has 0 aliphatic heterocycles. The van der Waals surface area contributed by atoms with E-state index >= 15 is 0 Å². The molecule has 0 atom stereocenters. The van der Waals surface area contributed by atoms with Gasteiger partial charge in [-0.25, -0.2) is 4.68 Å². The molecule has 3 rings (SSSR count). The van der Waals surface area contributed by atoms with E-state index in [2.05, 4.69) is 10.3 Å². The third-order valence-corrected chi connectivity index (χ3v) is 3.89. The highest BCUT2D eigenvalue weighted by atomic mass is 35.5. The van der Waals surface area contributed by atoms with E-state index in [1.807, 2.05) is 0 Å². The van der Waals surface area contributed by atoms with Gasteiger partial charge in [0, 0.05) is 10.6 Å². The predicted molar refractivity (Wildman–Crippen MR) is 86.4 cm³/mol. The van der Waals surface area contributed by atoms with Gasteiger partial charge in [0.1, 0.15) is 5.69 Å². The van der Waals surface area contributed by atoms with Crippen molar-refractivity contribution in [1.29, 1.82) is 0 Å². The monoisotopic (exact) mass is 371 g/mol. The van der Waals surface area contributed by atoms with Gasteiger partial charge in [-0.2, -0.15) is 13.2 Å². The summed E-state index contributed by atoms with van der Waals surface area (Å²) in [5, 5.41) is 8.54. The molecular weight excluding hydrogens is 362 g/mol. The zero-order valence-electron chi connectivity index (χ0n) is 12.1. The molecule has 124 valence electrons. The Hall–Kier alpha value is -2.05. The molecule has 0 radical (unpaired) electrons. The lowest BCUT2D eigenvalue weighted by atomic mass is 10.1. The van der Waals surface area contributed by atoms with Gasteiger partial charge < -0.3 is 0 Å². The van der Waals surface area contributed by atoms with Crippen LogP contribution in [0.25, 0.3) is 16.9 Å². The van der Waals surface area contributed by atoms with Crippen molar-refractivity contribution in [1.82, 2.24) is 15.0 Å². The molecule has 8 heteroatoms. The topological polar surface area (TPSA) is 30.7 Å². The van der Waals surface area contributed by atoms with Crippen molar-refractivity contribution in [2.45, 2.75) is 12.1 Å². The number of benzene rings is 2. The first-order valence-electron chi connectivity index (χ1n) is 6.84. The summed E-state index contributed by atoms with van der Waals surface area (Å²) in [6.45, 7) is 0. The zero-order valence-corrected chi connectivity index (χ0v) is 13.6. The number of nitrogens with zero attached hydrogens (tertiary/aromatic N) is 3. The Kier molecular flexibility index (Phi) is 4.51. The van der Waals surface area contributed by atoms with Crippen molar-refractivity contribution < 1.29 is 13.2 Å². The Balaban J connectivity index is 2.11. The summed E-state index contributed by atoms with van der Waals surface area (Å²) in [5.41, 5.74) is 1.55. The molecule has 0 spiro atoms. The van der Waals surface area contributed by atoms with E-state index in [4.69, 9.17) is 23.2 Å². The summed E-state index contributed by atoms with van der Waals surface area (Å²) in [6.07, 6.45) is -4.39. The molecule has 0 amide bonds. The molecule has 0 saturated carbocycles. The third kappa shape index (κ3) is 3.25. The molecule has 24 heavy (non-hydrogen) atoms. The lowest BCUT2D eigenvalue weighted by Crippen LogP contribution is -2.06. The molecule has 0 unspecified atom stereocenters. The molecular formula is C16H10Cl2F3N3. The molecule has 0 N–H and O–H groups in total. The van der Waals surface area contributed by atoms with Gasteiger partial charge in [0.2, 0.25) is 0 Å². The maximum Gasteiger partial charge on any atom is 0.416 e. The molecule has 0 fully saturated rings. The van der Waals surface area contributed by atoms with Gasteiger partial charge in [-0.1, -0.05) is 28.9 Å². The maximum atomic E-state index is 12.7. The van der Waals surface area contributed by atoms with Crippen molar-refractivity contribution in [3.63, 3.8) is 0 Å². The Morgan fingerprint density at radius 1 is 1.04 bits per heavy atom. The van der Waals surface area contributed by atoms with Crippen LogP contribution in [0.15, 0.2) is 48.5 Å². The van der Waals surface area contributed by atoms with Crippen LogP contribution in [0, 0.1) is 0 Å². The van der Waals surface area contributed by atoms with E-state index in [1.54, 1.807) is 24.3 Å². The summed E-state index contributed by atoms with van der Waals surface area (Å²) >= 11 is 11.9. The number of halogens is 5. The lowest BCUT2D eigenvalue weighted by Gasteiger charge is -2.10. The van der Waals surface area contributed by atoms with Crippen molar-refractivity contribution >= 4 is 23.2 Å². The summed E-state index contributed by atoms with van der Waals surface area (Å²) in [5.74, 6) is 0.114. The minimum Gasteiger partial charge on any atom is -0.213 e. The molecule has 0 bridgehead atoms. The summed E-state index contributed by atoms with van der Waals surface area (Å²) < 4.78 is 39.6. The van der Waals surface area contributed by atoms with Gasteiger partial charge in [-0.3, -0.25) is 0 Å². The van der Waals surface area contributed by atoms with Crippen LogP contribution in [0.1, 0.15) is 11.3 Å². The van der Waals surface area contributed by atoms with E-state index in [1.165, 1.54) is 16.8 Å². The van der Waals surface area contributed by atoms with Gasteiger partial charge in [-0.15, -0.1) is 16.7 Å². The summed E-state index contributed by atoms with van der Waals surface area (Å²) in [6, 6.07) is 11.7. The SMILES string of the molecule is FC(F)(F)c1ccc(-n2nnc(CCl)c2-c2cccc(Cl)c2)cc1. The van der Waals surface area contributed by atoms with Gasteiger partial charge in [-0.05, 0) is 36.4 Å². The predicted octanol–water partition coefficient (Wildman–Crippen LogP) is 5.35. The number of rotatable bonds is 3. The van der Waals surface area contributed by atoms with Crippen molar-refractivity contribution in [2.24, 2.45) is 0 Å².